The molecule has 0 N–H and O–H groups in total. The number of allylic oxidation sites excluding steroid dienone is 2. The van der Waals surface area contributed by atoms with E-state index in [0.717, 1.165) is 28.9 Å². The van der Waals surface area contributed by atoms with Gasteiger partial charge in [0.15, 0.2) is 0 Å². The molecule has 120 valence electrons. The van der Waals surface area contributed by atoms with E-state index in [1.54, 1.807) is 13.2 Å². The predicted octanol–water partition coefficient (Wildman–Crippen LogP) is 5.49. The highest BCUT2D eigenvalue weighted by atomic mass is 19.3. The molecule has 2 aromatic carbocycles. The Labute approximate surface area is 135 Å². The highest BCUT2D eigenvalue weighted by Crippen LogP contribution is 2.36. The lowest BCUT2D eigenvalue weighted by atomic mass is 9.90. The fourth-order valence-corrected chi connectivity index (χ4v) is 2.96. The van der Waals surface area contributed by atoms with E-state index in [2.05, 4.69) is 18.2 Å². The summed E-state index contributed by atoms with van der Waals surface area (Å²) in [4.78, 5) is 0. The first-order valence-electron chi connectivity index (χ1n) is 7.85. The van der Waals surface area contributed by atoms with Gasteiger partial charge in [0.1, 0.15) is 5.75 Å². The number of methoxy groups -OCH3 is 1. The third kappa shape index (κ3) is 3.79. The molecule has 0 spiro atoms. The van der Waals surface area contributed by atoms with E-state index < -0.39 is 5.92 Å². The second-order valence-corrected chi connectivity index (χ2v) is 5.97. The van der Waals surface area contributed by atoms with Gasteiger partial charge in [0.05, 0.1) is 7.11 Å². The molecule has 0 aliphatic heterocycles. The summed E-state index contributed by atoms with van der Waals surface area (Å²) >= 11 is 0. The largest absolute Gasteiger partial charge is 0.496 e. The van der Waals surface area contributed by atoms with Crippen LogP contribution in [-0.2, 0) is 6.42 Å². The van der Waals surface area contributed by atoms with Gasteiger partial charge in [-0.15, -0.1) is 0 Å². The van der Waals surface area contributed by atoms with Crippen molar-refractivity contribution >= 4 is 5.57 Å². The van der Waals surface area contributed by atoms with E-state index in [0.29, 0.717) is 6.42 Å². The zero-order chi connectivity index (χ0) is 16.3. The maximum Gasteiger partial charge on any atom is 0.251 e. The van der Waals surface area contributed by atoms with E-state index in [-0.39, 0.29) is 12.8 Å². The zero-order valence-electron chi connectivity index (χ0n) is 13.2. The molecule has 1 aliphatic rings. The first-order valence-corrected chi connectivity index (χ1v) is 7.85. The summed E-state index contributed by atoms with van der Waals surface area (Å²) in [5, 5.41) is 0. The molecular weight excluding hydrogens is 294 g/mol. The average Bonchev–Trinajstić information content (AvgIpc) is 2.56. The number of rotatable bonds is 4. The van der Waals surface area contributed by atoms with Crippen LogP contribution in [0, 0.1) is 0 Å². The SMILES string of the molecule is COc1ccccc1Cc1ccc(C2=CCC(F)(F)CC2)cc1. The summed E-state index contributed by atoms with van der Waals surface area (Å²) in [6.45, 7) is 0. The summed E-state index contributed by atoms with van der Waals surface area (Å²) < 4.78 is 31.8. The summed E-state index contributed by atoms with van der Waals surface area (Å²) in [5.41, 5.74) is 4.39. The van der Waals surface area contributed by atoms with Gasteiger partial charge < -0.3 is 4.74 Å². The Bertz CT molecular complexity index is 702. The third-order valence-corrected chi connectivity index (χ3v) is 4.32. The van der Waals surface area contributed by atoms with Crippen LogP contribution in [0.3, 0.4) is 0 Å². The summed E-state index contributed by atoms with van der Waals surface area (Å²) in [7, 11) is 1.67. The topological polar surface area (TPSA) is 9.23 Å². The van der Waals surface area contributed by atoms with Crippen LogP contribution in [0.1, 0.15) is 36.0 Å². The van der Waals surface area contributed by atoms with Gasteiger partial charge in [-0.2, -0.15) is 0 Å². The molecule has 0 heterocycles. The van der Waals surface area contributed by atoms with Crippen molar-refractivity contribution < 1.29 is 13.5 Å². The molecule has 1 nitrogen and oxygen atoms in total. The van der Waals surface area contributed by atoms with Crippen molar-refractivity contribution in [2.75, 3.05) is 7.11 Å². The van der Waals surface area contributed by atoms with Crippen molar-refractivity contribution in [3.05, 3.63) is 71.3 Å². The standard InChI is InChI=1S/C20H20F2O/c1-23-19-5-3-2-4-18(19)14-15-6-8-16(9-7-15)17-10-12-20(21,22)13-11-17/h2-10H,11-14H2,1H3. The molecule has 0 radical (unpaired) electrons. The average molecular weight is 314 g/mol. The van der Waals surface area contributed by atoms with Crippen molar-refractivity contribution in [1.29, 1.82) is 0 Å². The molecule has 3 heteroatoms. The summed E-state index contributed by atoms with van der Waals surface area (Å²) in [6, 6.07) is 16.1. The first-order chi connectivity index (χ1) is 11.1. The van der Waals surface area contributed by atoms with E-state index >= 15 is 0 Å². The zero-order valence-corrected chi connectivity index (χ0v) is 13.2. The van der Waals surface area contributed by atoms with Crippen molar-refractivity contribution in [2.45, 2.75) is 31.6 Å². The summed E-state index contributed by atoms with van der Waals surface area (Å²) in [6.07, 6.45) is 2.71. The molecular formula is C20H20F2O. The molecule has 0 aromatic heterocycles. The lowest BCUT2D eigenvalue weighted by Gasteiger charge is -2.21. The fraction of sp³-hybridized carbons (Fsp3) is 0.300. The molecule has 0 saturated carbocycles. The first kappa shape index (κ1) is 15.7. The van der Waals surface area contributed by atoms with Crippen LogP contribution in [0.2, 0.25) is 0 Å². The Hall–Kier alpha value is -2.16. The number of benzene rings is 2. The van der Waals surface area contributed by atoms with Crippen molar-refractivity contribution in [1.82, 2.24) is 0 Å². The van der Waals surface area contributed by atoms with Crippen LogP contribution in [0.15, 0.2) is 54.6 Å². The Morgan fingerprint density at radius 1 is 1.04 bits per heavy atom. The predicted molar refractivity (Wildman–Crippen MR) is 89.0 cm³/mol. The van der Waals surface area contributed by atoms with Gasteiger partial charge in [0.2, 0.25) is 0 Å². The van der Waals surface area contributed by atoms with Crippen LogP contribution in [-0.4, -0.2) is 13.0 Å². The molecule has 2 aromatic rings. The van der Waals surface area contributed by atoms with Crippen molar-refractivity contribution in [2.24, 2.45) is 0 Å². The Kier molecular flexibility index (Phi) is 4.46. The number of hydrogen-bond acceptors (Lipinski definition) is 1. The van der Waals surface area contributed by atoms with Gasteiger partial charge in [0.25, 0.3) is 5.92 Å². The van der Waals surface area contributed by atoms with Gasteiger partial charge in [-0.25, -0.2) is 8.78 Å². The van der Waals surface area contributed by atoms with Crippen molar-refractivity contribution in [3.63, 3.8) is 0 Å². The summed E-state index contributed by atoms with van der Waals surface area (Å²) in [5.74, 6) is -1.65. The Balaban J connectivity index is 1.74. The molecule has 0 unspecified atom stereocenters. The molecule has 0 saturated heterocycles. The van der Waals surface area contributed by atoms with Crippen LogP contribution >= 0.6 is 0 Å². The Morgan fingerprint density at radius 3 is 2.43 bits per heavy atom. The quantitative estimate of drug-likeness (QED) is 0.725. The second-order valence-electron chi connectivity index (χ2n) is 5.97. The molecule has 1 aliphatic carbocycles. The molecule has 0 bridgehead atoms. The van der Waals surface area contributed by atoms with Crippen LogP contribution in [0.5, 0.6) is 5.75 Å². The highest BCUT2D eigenvalue weighted by Gasteiger charge is 2.30. The van der Waals surface area contributed by atoms with E-state index in [1.807, 2.05) is 30.3 Å². The van der Waals surface area contributed by atoms with E-state index in [9.17, 15) is 8.78 Å². The minimum Gasteiger partial charge on any atom is -0.496 e. The van der Waals surface area contributed by atoms with E-state index in [1.165, 1.54) is 5.56 Å². The van der Waals surface area contributed by atoms with Crippen LogP contribution in [0.25, 0.3) is 5.57 Å². The molecule has 0 fully saturated rings. The van der Waals surface area contributed by atoms with Crippen LogP contribution < -0.4 is 4.74 Å². The maximum atomic E-state index is 13.2. The molecule has 3 rings (SSSR count). The number of halogens is 2. The Morgan fingerprint density at radius 2 is 1.78 bits per heavy atom. The number of hydrogen-bond donors (Lipinski definition) is 0. The van der Waals surface area contributed by atoms with Gasteiger partial charge in [-0.3, -0.25) is 0 Å². The minimum absolute atomic E-state index is 0.0538. The van der Waals surface area contributed by atoms with Crippen LogP contribution in [0.4, 0.5) is 8.78 Å². The van der Waals surface area contributed by atoms with Crippen molar-refractivity contribution in [3.8, 4) is 5.75 Å². The number of alkyl halides is 2. The van der Waals surface area contributed by atoms with Gasteiger partial charge >= 0.3 is 0 Å². The maximum absolute atomic E-state index is 13.2. The fourth-order valence-electron chi connectivity index (χ4n) is 2.96. The monoisotopic (exact) mass is 314 g/mol. The van der Waals surface area contributed by atoms with Gasteiger partial charge in [-0.05, 0) is 34.8 Å². The smallest absolute Gasteiger partial charge is 0.251 e. The lowest BCUT2D eigenvalue weighted by Crippen LogP contribution is -2.18. The van der Waals surface area contributed by atoms with Gasteiger partial charge in [-0.1, -0.05) is 48.5 Å². The third-order valence-electron chi connectivity index (χ3n) is 4.32. The normalized spacial score (nSPS) is 16.7. The highest BCUT2D eigenvalue weighted by molar-refractivity contribution is 5.66. The molecule has 23 heavy (non-hydrogen) atoms. The number of ether oxygens (including phenoxy) is 1. The molecule has 0 amide bonds. The molecule has 0 atom stereocenters. The lowest BCUT2D eigenvalue weighted by molar-refractivity contribution is -0.00602. The second kappa shape index (κ2) is 6.53. The minimum atomic E-state index is -2.53. The van der Waals surface area contributed by atoms with E-state index in [4.69, 9.17) is 4.74 Å². The van der Waals surface area contributed by atoms with Gasteiger partial charge in [0, 0.05) is 19.3 Å². The number of para-hydroxylation sites is 1.